The van der Waals surface area contributed by atoms with Gasteiger partial charge in [0.25, 0.3) is 0 Å². The normalized spacial score (nSPS) is 12.0. The number of halogens is 11. The number of carbonyl (C=O) groups excluding carboxylic acids is 4. The van der Waals surface area contributed by atoms with Gasteiger partial charge < -0.3 is 55.7 Å². The Morgan fingerprint density at radius 2 is 0.713 bits per heavy atom. The van der Waals surface area contributed by atoms with E-state index in [4.69, 9.17) is 20.7 Å². The quantitative estimate of drug-likeness (QED) is 0.00531. The number of hydrogen-bond acceptors (Lipinski definition) is 25. The number of carboxylic acids is 1. The Morgan fingerprint density at radius 1 is 0.420 bits per heavy atom. The number of hydrogen-bond donors (Lipinski definition) is 7. The zero-order valence-corrected chi connectivity index (χ0v) is 89.9. The van der Waals surface area contributed by atoms with Crippen molar-refractivity contribution in [2.75, 3.05) is 49.4 Å². The molecule has 0 spiro atoms. The number of nitrogens with one attached hydrogen (secondary N) is 3. The van der Waals surface area contributed by atoms with E-state index in [1.54, 1.807) is 83.2 Å². The number of alkyl halides is 9. The summed E-state index contributed by atoms with van der Waals surface area (Å²) in [5, 5.41) is 28.1. The number of aliphatic hydroxyl groups is 1. The molecule has 29 nitrogen and oxygen atoms in total. The van der Waals surface area contributed by atoms with Gasteiger partial charge in [0.15, 0.2) is 0 Å². The summed E-state index contributed by atoms with van der Waals surface area (Å²) in [6.45, 7) is 48.5. The molecule has 0 unspecified atom stereocenters. The van der Waals surface area contributed by atoms with Crippen LogP contribution in [0.2, 0.25) is 0 Å². The van der Waals surface area contributed by atoms with E-state index >= 15 is 0 Å². The van der Waals surface area contributed by atoms with Gasteiger partial charge in [-0.05, 0) is 201 Å². The summed E-state index contributed by atoms with van der Waals surface area (Å²) in [5.74, 6) is -4.45. The summed E-state index contributed by atoms with van der Waals surface area (Å²) in [6, 6.07) is 33.8. The van der Waals surface area contributed by atoms with Crippen LogP contribution >= 0.6 is 0 Å². The van der Waals surface area contributed by atoms with Crippen molar-refractivity contribution in [3.63, 3.8) is 0 Å². The number of phenolic OH excluding ortho intramolecular Hbond substituents is 1. The van der Waals surface area contributed by atoms with Gasteiger partial charge in [0, 0.05) is 72.8 Å². The monoisotopic (exact) mass is 2140 g/mol. The van der Waals surface area contributed by atoms with Gasteiger partial charge in [-0.15, -0.1) is 3.63 Å². The number of methoxy groups -OCH3 is 1. The standard InChI is InChI=1S/C24H29FN2O3S.C16H19F3O5S.C16H22O2.C14H18O3.C14H18O2.C10H13FN2O2S.C2F6O5S2.CH4O.Na.2H2O/c1-7-18-13-17(14-21(25)23(18)27-31(6,29)30)15-26-22(28)11-9-19-8-10-20(12-16(19)2)24(3,4)5;1-5-23-14(20)9-7-11-6-8-12(15(2,3)4)10-13(11)24-25(21,22)16(17,18)19;1-6-18-15(17)10-8-13-7-9-14(11-12(13)2)16(3,4)5;1-14(2,3)11-7-5-10(12(15)9-11)6-8-13(16)17-4;1-10-9-12(14(2,3)4)7-5-11(10)6-8-13(15)16;1-3-8-4-7(6-12)5-9(11)10(8)13-16(2,14)15;3-1(4,5)14(9,10)13-15(11,12)2(6,7)8;1-2;;;/h7-14,27H,1,15H2,2-6H3,(H,26,28);6-10H,5H2,1-4H3;7-11H,6H2,1-5H3;5-9,15H,1-4H3;5-9H,1-4H3,(H,15,16);3-5,13H,1,6,12H2,2H3;;2H,1H3;;2*1H2/q;;;;;;;;+1;;/p-2/b11-9+;9-7+;10-8+;2*8-6+;;;;;;. The second-order valence-electron chi connectivity index (χ2n) is 35.0. The molecule has 46 heteroatoms. The fraction of sp³-hybridized carbons (Fsp3) is 0.371. The number of esters is 3. The third-order valence-corrected chi connectivity index (χ3v) is 23.0. The number of amides is 1. The van der Waals surface area contributed by atoms with Crippen LogP contribution in [-0.2, 0) is 132 Å². The number of aryl methyl sites for hydroxylation is 3. The fourth-order valence-corrected chi connectivity index (χ4v) is 13.9. The van der Waals surface area contributed by atoms with Gasteiger partial charge in [-0.1, -0.05) is 208 Å². The maximum atomic E-state index is 14.4. The molecule has 1 amide bonds. The second kappa shape index (κ2) is 58.9. The summed E-state index contributed by atoms with van der Waals surface area (Å²) in [4.78, 5) is 56.2. The van der Waals surface area contributed by atoms with Gasteiger partial charge in [-0.3, -0.25) is 14.2 Å². The molecule has 0 saturated heterocycles. The summed E-state index contributed by atoms with van der Waals surface area (Å²) < 4.78 is 266. The number of nitrogens with two attached hydrogens (primary N) is 1. The molecule has 0 bridgehead atoms. The largest absolute Gasteiger partial charge is 1.00 e. The number of carboxylic acid groups (broad SMARTS) is 1. The van der Waals surface area contributed by atoms with Crippen LogP contribution < -0.4 is 54.2 Å². The maximum absolute atomic E-state index is 14.4. The number of aliphatic carboxylic acids is 1. The van der Waals surface area contributed by atoms with E-state index in [0.717, 1.165) is 65.2 Å². The Bertz CT molecular complexity index is 6210. The average molecular weight is 2140 g/mol. The third kappa shape index (κ3) is 50.4. The molecule has 0 saturated carbocycles. The first kappa shape index (κ1) is 138. The van der Waals surface area contributed by atoms with Crippen molar-refractivity contribution in [1.82, 2.24) is 5.32 Å². The van der Waals surface area contributed by atoms with E-state index in [9.17, 15) is 119 Å². The third-order valence-electron chi connectivity index (χ3n) is 18.3. The van der Waals surface area contributed by atoms with Gasteiger partial charge in [0.1, 0.15) is 23.1 Å². The molecule has 0 aromatic heterocycles. The molecule has 7 aromatic rings. The van der Waals surface area contributed by atoms with E-state index in [-0.39, 0.29) is 116 Å². The minimum absolute atomic E-state index is 0. The SMILES string of the molecule is C=Cc1cc(CN)cc(F)c1NS(C)(=O)=O.C=Cc1cc(CNC(=O)/C=C/c2ccc(C(C)(C)C)cc2C)cc(F)c1NS(C)(=O)=O.CCOC(=O)/C=C/c1ccc(C(C)(C)C)cc1C.CCOC(=O)/C=C/c1ccc(C(C)(C)C)cc1OS(=O)(=O)C(F)(F)F.CO.COC(=O)/C=C/c1ccc(C(C)(C)C)cc1O.Cc1cc(C(C)(C)C)ccc1/C=C/C(=O)O.O=S(=O)(OS(=O)(=O)C(F)(F)F)C(F)(F)F.[Na+].[OH-].[OH-]. The van der Waals surface area contributed by atoms with Crippen LogP contribution in [-0.4, -0.2) is 155 Å². The molecular weight excluding hydrogens is 2010 g/mol. The molecule has 0 fully saturated rings. The molecule has 0 aliphatic rings. The van der Waals surface area contributed by atoms with Crippen LogP contribution in [0.25, 0.3) is 42.5 Å². The van der Waals surface area contributed by atoms with E-state index in [1.165, 1.54) is 96.2 Å². The Balaban J connectivity index is -0.000000796. The van der Waals surface area contributed by atoms with Crippen molar-refractivity contribution < 1.29 is 192 Å². The zero-order valence-electron chi connectivity index (χ0n) is 83.8. The van der Waals surface area contributed by atoms with Crippen LogP contribution in [0, 0.1) is 32.4 Å². The van der Waals surface area contributed by atoms with Crippen molar-refractivity contribution in [1.29, 1.82) is 0 Å². The molecule has 0 aliphatic carbocycles. The van der Waals surface area contributed by atoms with Crippen molar-refractivity contribution in [3.8, 4) is 11.5 Å². The number of phenols is 1. The molecule has 7 rings (SSSR count). The number of ether oxygens (including phenoxy) is 3. The van der Waals surface area contributed by atoms with Crippen LogP contribution in [0.1, 0.15) is 212 Å². The minimum Gasteiger partial charge on any atom is -0.870 e. The zero-order chi connectivity index (χ0) is 109. The molecule has 0 atom stereocenters. The van der Waals surface area contributed by atoms with E-state index < -0.39 is 108 Å². The Morgan fingerprint density at radius 3 is 1.01 bits per heavy atom. The molecule has 792 valence electrons. The number of aromatic hydroxyl groups is 1. The van der Waals surface area contributed by atoms with Gasteiger partial charge in [0.05, 0.1) is 44.2 Å². The second-order valence-corrected chi connectivity index (χ2v) is 43.4. The van der Waals surface area contributed by atoms with Crippen molar-refractivity contribution in [2.45, 2.75) is 195 Å². The summed E-state index contributed by atoms with van der Waals surface area (Å²) in [7, 11) is -24.4. The molecule has 143 heavy (non-hydrogen) atoms. The topological polar surface area (TPSA) is 485 Å². The van der Waals surface area contributed by atoms with E-state index in [1.807, 2.05) is 41.7 Å². The fourth-order valence-electron chi connectivity index (χ4n) is 10.7. The van der Waals surface area contributed by atoms with Gasteiger partial charge in [0.2, 0.25) is 26.0 Å². The first-order valence-electron chi connectivity index (χ1n) is 41.6. The van der Waals surface area contributed by atoms with Crippen LogP contribution in [0.4, 0.5) is 59.7 Å². The number of rotatable bonds is 25. The van der Waals surface area contributed by atoms with Crippen molar-refractivity contribution >= 4 is 134 Å². The molecule has 0 aliphatic heterocycles. The molecule has 0 radical (unpaired) electrons. The number of aliphatic hydroxyl groups excluding tert-OH is 1. The van der Waals surface area contributed by atoms with Gasteiger partial charge in [-0.25, -0.2) is 44.8 Å². The Kier molecular flexibility index (Phi) is 56.9. The first-order chi connectivity index (χ1) is 63.6. The van der Waals surface area contributed by atoms with Crippen molar-refractivity contribution in [3.05, 3.63) is 265 Å². The molecule has 10 N–H and O–H groups in total. The van der Waals surface area contributed by atoms with Crippen LogP contribution in [0.5, 0.6) is 11.5 Å². The van der Waals surface area contributed by atoms with E-state index in [2.05, 4.69) is 168 Å². The average Bonchev–Trinajstić information content (AvgIpc) is 0.786. The molecule has 7 aromatic carbocycles. The Labute approximate surface area is 852 Å². The maximum Gasteiger partial charge on any atom is 1.00 e. The van der Waals surface area contributed by atoms with Gasteiger partial charge in [-0.2, -0.15) is 64.8 Å². The number of sulfonamides is 2. The predicted molar refractivity (Wildman–Crippen MR) is 528 cm³/mol. The smallest absolute Gasteiger partial charge is 0.870 e. The van der Waals surface area contributed by atoms with Gasteiger partial charge >= 0.3 is 100 Å². The minimum atomic E-state index is -6.85. The summed E-state index contributed by atoms with van der Waals surface area (Å²) in [6.07, 6.45) is 18.8. The Hall–Kier alpha value is -11.0. The predicted octanol–water partition coefficient (Wildman–Crippen LogP) is 17.0. The summed E-state index contributed by atoms with van der Waals surface area (Å²) >= 11 is 0. The number of anilines is 2. The van der Waals surface area contributed by atoms with Crippen LogP contribution in [0.3, 0.4) is 0 Å². The molecule has 0 heterocycles. The first-order valence-corrected chi connectivity index (χ1v) is 49.6. The van der Waals surface area contributed by atoms with Crippen molar-refractivity contribution in [2.24, 2.45) is 5.73 Å². The van der Waals surface area contributed by atoms with E-state index in [0.29, 0.717) is 40.0 Å². The number of benzene rings is 7. The summed E-state index contributed by atoms with van der Waals surface area (Å²) in [5.41, 5.74) is 0.890. The molecular formula is C97H125F11N4NaO25S5-. The van der Waals surface area contributed by atoms with Crippen LogP contribution in [0.15, 0.2) is 159 Å². The number of carbonyl (C=O) groups is 5.